The first-order valence-corrected chi connectivity index (χ1v) is 4.76. The van der Waals surface area contributed by atoms with Gasteiger partial charge in [-0.15, -0.1) is 12.4 Å². The van der Waals surface area contributed by atoms with E-state index in [0.29, 0.717) is 0 Å². The Kier molecular flexibility index (Phi) is 58.5. The molecular weight excluding hydrogens is 355 g/mol. The standard InChI is InChI=1S/C4H8O.C2Cl2O2.CH2O3.ClH.H3NO.Na.H2O/c1-2-4-5-3-1;3-1(5)2(4)6;2-1(3)4;;1-2;;/h1-4H2;;(H2,2,3,4);1H;2H,1H2;;1H2/q;;;;;+1;/p-1. The van der Waals surface area contributed by atoms with Gasteiger partial charge in [-0.2, -0.15) is 0 Å². The molecule has 1 rings (SSSR count). The van der Waals surface area contributed by atoms with E-state index in [2.05, 4.69) is 29.1 Å². The van der Waals surface area contributed by atoms with Crippen LogP contribution < -0.4 is 40.6 Å². The third-order valence-corrected chi connectivity index (χ3v) is 1.42. The normalized spacial score (nSPS) is 9.80. The maximum absolute atomic E-state index is 9.43. The van der Waals surface area contributed by atoms with Crippen LogP contribution in [-0.4, -0.2) is 45.6 Å². The average Bonchev–Trinajstić information content (AvgIpc) is 2.77. The van der Waals surface area contributed by atoms with E-state index in [-0.39, 0.29) is 47.4 Å². The predicted molar refractivity (Wildman–Crippen MR) is 66.6 cm³/mol. The van der Waals surface area contributed by atoms with Gasteiger partial charge in [0.25, 0.3) is 0 Å². The van der Waals surface area contributed by atoms with Crippen molar-refractivity contribution in [2.24, 2.45) is 5.90 Å². The molecule has 0 amide bonds. The maximum atomic E-state index is 9.43. The number of carboxylic acid groups (broad SMARTS) is 2. The molecule has 1 aliphatic rings. The van der Waals surface area contributed by atoms with Gasteiger partial charge in [-0.25, -0.2) is 5.90 Å². The fourth-order valence-electron chi connectivity index (χ4n) is 0.510. The number of rotatable bonds is 1. The van der Waals surface area contributed by atoms with Crippen LogP contribution in [-0.2, 0) is 14.3 Å². The van der Waals surface area contributed by atoms with Crippen LogP contribution in [0, 0.1) is 0 Å². The van der Waals surface area contributed by atoms with E-state index >= 15 is 0 Å². The molecule has 13 heteroatoms. The van der Waals surface area contributed by atoms with E-state index in [1.807, 2.05) is 0 Å². The molecule has 0 saturated carbocycles. The van der Waals surface area contributed by atoms with Crippen molar-refractivity contribution in [3.8, 4) is 0 Å². The van der Waals surface area contributed by atoms with E-state index in [1.54, 1.807) is 0 Å². The van der Waals surface area contributed by atoms with Crippen molar-refractivity contribution in [1.29, 1.82) is 0 Å². The maximum Gasteiger partial charge on any atom is 1.00 e. The minimum atomic E-state index is -2.08. The molecule has 1 heterocycles. The summed E-state index contributed by atoms with van der Waals surface area (Å²) in [6.07, 6.45) is 0.472. The quantitative estimate of drug-likeness (QED) is 0.181. The topological polar surface area (TPSA) is 181 Å². The number of halogens is 3. The van der Waals surface area contributed by atoms with Crippen molar-refractivity contribution in [1.82, 2.24) is 0 Å². The molecule has 0 spiro atoms. The summed E-state index contributed by atoms with van der Waals surface area (Å²) in [5.74, 6) is 3.50. The summed E-state index contributed by atoms with van der Waals surface area (Å²) in [4.78, 5) is 27.3. The molecule has 1 saturated heterocycles. The van der Waals surface area contributed by atoms with Crippen molar-refractivity contribution >= 4 is 52.2 Å². The Bertz CT molecular complexity index is 207. The van der Waals surface area contributed by atoms with Gasteiger partial charge in [0.15, 0.2) is 0 Å². The van der Waals surface area contributed by atoms with Gasteiger partial charge < -0.3 is 30.4 Å². The van der Waals surface area contributed by atoms with Gasteiger partial charge in [-0.1, -0.05) is 0 Å². The molecule has 0 unspecified atom stereocenters. The third-order valence-electron chi connectivity index (χ3n) is 0.982. The Labute approximate surface area is 153 Å². The Morgan fingerprint density at radius 1 is 1.05 bits per heavy atom. The monoisotopic (exact) mass is 369 g/mol. The minimum absolute atomic E-state index is 0. The van der Waals surface area contributed by atoms with Crippen LogP contribution in [0.2, 0.25) is 0 Å². The second kappa shape index (κ2) is 31.6. The zero-order valence-electron chi connectivity index (χ0n) is 10.5. The molecule has 0 aromatic heterocycles. The largest absolute Gasteiger partial charge is 1.00 e. The molecule has 1 aliphatic heterocycles. The van der Waals surface area contributed by atoms with Crippen molar-refractivity contribution in [3.63, 3.8) is 0 Å². The van der Waals surface area contributed by atoms with Crippen LogP contribution in [0.3, 0.4) is 0 Å². The smallest absolute Gasteiger partial charge is 0.565 e. The van der Waals surface area contributed by atoms with Crippen LogP contribution in [0.5, 0.6) is 0 Å². The fourth-order valence-corrected chi connectivity index (χ4v) is 0.510. The van der Waals surface area contributed by atoms with Crippen molar-refractivity contribution in [2.45, 2.75) is 12.8 Å². The molecule has 0 radical (unpaired) electrons. The van der Waals surface area contributed by atoms with Gasteiger partial charge in [0.1, 0.15) is 0 Å². The Hall–Kier alpha value is 0.320. The molecule has 6 N–H and O–H groups in total. The molecule has 20 heavy (non-hydrogen) atoms. The van der Waals surface area contributed by atoms with E-state index in [4.69, 9.17) is 25.0 Å². The molecule has 0 aromatic carbocycles. The van der Waals surface area contributed by atoms with E-state index in [1.165, 1.54) is 12.8 Å². The van der Waals surface area contributed by atoms with Gasteiger partial charge >= 0.3 is 40.0 Å². The van der Waals surface area contributed by atoms with Crippen LogP contribution >= 0.6 is 35.6 Å². The first-order chi connectivity index (χ1) is 7.87. The van der Waals surface area contributed by atoms with Crippen LogP contribution in [0.4, 0.5) is 4.79 Å². The molecule has 1 fully saturated rings. The van der Waals surface area contributed by atoms with E-state index in [9.17, 15) is 9.59 Å². The number of carbonyl (C=O) groups excluding carboxylic acids is 2. The van der Waals surface area contributed by atoms with Gasteiger partial charge in [0.2, 0.25) is 6.16 Å². The molecule has 0 atom stereocenters. The second-order valence-electron chi connectivity index (χ2n) is 2.13. The number of hydrogen-bond donors (Lipinski definition) is 3. The van der Waals surface area contributed by atoms with Crippen molar-refractivity contribution < 1.29 is 69.6 Å². The minimum Gasteiger partial charge on any atom is -0.565 e. The molecular formula is C7H15Cl3NNaO8. The van der Waals surface area contributed by atoms with Gasteiger partial charge in [0, 0.05) is 13.2 Å². The van der Waals surface area contributed by atoms with Crippen molar-refractivity contribution in [3.05, 3.63) is 0 Å². The number of carbonyl (C=O) groups is 3. The van der Waals surface area contributed by atoms with Gasteiger partial charge in [-0.3, -0.25) is 9.59 Å². The van der Waals surface area contributed by atoms with E-state index < -0.39 is 16.6 Å². The Balaban J connectivity index is -0.0000000327. The number of nitrogens with two attached hydrogens (primary N) is 1. The fraction of sp³-hybridized carbons (Fsp3) is 0.571. The summed E-state index contributed by atoms with van der Waals surface area (Å²) in [5.41, 5.74) is 0. The first kappa shape index (κ1) is 37.0. The Morgan fingerprint density at radius 2 is 1.25 bits per heavy atom. The summed E-state index contributed by atoms with van der Waals surface area (Å²) in [5, 5.41) is 19.5. The Morgan fingerprint density at radius 3 is 1.30 bits per heavy atom. The summed E-state index contributed by atoms with van der Waals surface area (Å²) in [6.45, 7) is 2.00. The summed E-state index contributed by atoms with van der Waals surface area (Å²) in [6, 6.07) is 0. The second-order valence-corrected chi connectivity index (χ2v) is 2.82. The predicted octanol–water partition coefficient (Wildman–Crippen LogP) is -3.86. The van der Waals surface area contributed by atoms with Crippen LogP contribution in [0.1, 0.15) is 12.8 Å². The van der Waals surface area contributed by atoms with Crippen LogP contribution in [0.15, 0.2) is 0 Å². The zero-order valence-corrected chi connectivity index (χ0v) is 14.8. The zero-order chi connectivity index (χ0) is 14.3. The third kappa shape index (κ3) is 63.3. The van der Waals surface area contributed by atoms with Gasteiger partial charge in [0.05, 0.1) is 0 Å². The molecule has 0 aromatic rings. The molecule has 118 valence electrons. The van der Waals surface area contributed by atoms with E-state index in [0.717, 1.165) is 13.2 Å². The van der Waals surface area contributed by atoms with Crippen LogP contribution in [0.25, 0.3) is 0 Å². The summed E-state index contributed by atoms with van der Waals surface area (Å²) in [7, 11) is 0. The number of hydrogen-bond acceptors (Lipinski definition) is 7. The molecule has 9 nitrogen and oxygen atoms in total. The molecule has 0 bridgehead atoms. The average molecular weight is 371 g/mol. The summed E-state index contributed by atoms with van der Waals surface area (Å²) < 4.78 is 4.94. The van der Waals surface area contributed by atoms with Gasteiger partial charge in [-0.05, 0) is 36.0 Å². The molecule has 0 aliphatic carbocycles. The first-order valence-electron chi connectivity index (χ1n) is 4.00. The SMILES string of the molecule is C1CCOC1.Cl.NO.O.O=C(Cl)C(=O)Cl.O=C([O-])O.[Na+]. The summed E-state index contributed by atoms with van der Waals surface area (Å²) >= 11 is 8.98. The van der Waals surface area contributed by atoms with Crippen molar-refractivity contribution in [2.75, 3.05) is 13.2 Å². The number of ether oxygens (including phenoxy) is 1.